The number of likely N-dealkylation sites (tertiary alicyclic amines) is 1. The zero-order valence-electron chi connectivity index (χ0n) is 15.8. The summed E-state index contributed by atoms with van der Waals surface area (Å²) >= 11 is 0. The summed E-state index contributed by atoms with van der Waals surface area (Å²) in [5, 5.41) is 2.95. The number of benzene rings is 1. The van der Waals surface area contributed by atoms with Crippen LogP contribution in [0.5, 0.6) is 5.75 Å². The molecule has 2 rings (SSSR count). The highest BCUT2D eigenvalue weighted by Gasteiger charge is 2.27. The molecule has 144 valence electrons. The Morgan fingerprint density at radius 2 is 1.92 bits per heavy atom. The van der Waals surface area contributed by atoms with Crippen LogP contribution in [0.15, 0.2) is 18.2 Å². The molecule has 26 heavy (non-hydrogen) atoms. The molecule has 1 saturated heterocycles. The van der Waals surface area contributed by atoms with Crippen LogP contribution < -0.4 is 10.1 Å². The molecule has 1 aliphatic heterocycles. The number of nitrogens with zero attached hydrogens (tertiary/aromatic N) is 1. The summed E-state index contributed by atoms with van der Waals surface area (Å²) in [5.74, 6) is -0.106. The Labute approximate surface area is 153 Å². The Morgan fingerprint density at radius 3 is 2.50 bits per heavy atom. The van der Waals surface area contributed by atoms with Gasteiger partial charge in [0.25, 0.3) is 0 Å². The van der Waals surface area contributed by atoms with Crippen LogP contribution in [-0.2, 0) is 16.0 Å². The number of rotatable bonds is 4. The van der Waals surface area contributed by atoms with Gasteiger partial charge < -0.3 is 19.7 Å². The highest BCUT2D eigenvalue weighted by Crippen LogP contribution is 2.20. The van der Waals surface area contributed by atoms with E-state index in [-0.39, 0.29) is 24.5 Å². The third kappa shape index (κ3) is 5.89. The average Bonchev–Trinajstić information content (AvgIpc) is 2.54. The zero-order valence-corrected chi connectivity index (χ0v) is 15.8. The van der Waals surface area contributed by atoms with Gasteiger partial charge >= 0.3 is 6.09 Å². The molecule has 0 saturated carbocycles. The topological polar surface area (TPSA) is 67.9 Å². The van der Waals surface area contributed by atoms with Gasteiger partial charge in [0.15, 0.2) is 0 Å². The highest BCUT2D eigenvalue weighted by molar-refractivity contribution is 5.79. The van der Waals surface area contributed by atoms with E-state index in [2.05, 4.69) is 5.32 Å². The predicted molar refractivity (Wildman–Crippen MR) is 95.6 cm³/mol. The van der Waals surface area contributed by atoms with Crippen molar-refractivity contribution >= 4 is 12.0 Å². The first-order valence-electron chi connectivity index (χ1n) is 8.77. The summed E-state index contributed by atoms with van der Waals surface area (Å²) in [6.07, 6.45) is 1.04. The Balaban J connectivity index is 1.83. The van der Waals surface area contributed by atoms with Crippen LogP contribution in [-0.4, -0.2) is 48.7 Å². The smallest absolute Gasteiger partial charge is 0.410 e. The first kappa shape index (κ1) is 20.0. The van der Waals surface area contributed by atoms with Gasteiger partial charge in [0.05, 0.1) is 13.5 Å². The number of amides is 2. The standard InChI is InChI=1S/C19H27FN2O4/c1-19(2,3)26-18(24)22-9-7-15(8-10-22)21-17(23)12-13-11-14(20)5-6-16(13)25-4/h5-6,11,15H,7-10,12H2,1-4H3,(H,21,23). The average molecular weight is 366 g/mol. The van der Waals surface area contributed by atoms with E-state index in [4.69, 9.17) is 9.47 Å². The normalized spacial score (nSPS) is 15.5. The molecular formula is C19H27FN2O4. The van der Waals surface area contributed by atoms with Gasteiger partial charge in [-0.2, -0.15) is 0 Å². The second-order valence-electron chi connectivity index (χ2n) is 7.44. The van der Waals surface area contributed by atoms with Gasteiger partial charge in [-0.3, -0.25) is 4.79 Å². The molecule has 0 unspecified atom stereocenters. The minimum absolute atomic E-state index is 0.0132. The Bertz CT molecular complexity index is 649. The lowest BCUT2D eigenvalue weighted by Crippen LogP contribution is -2.48. The predicted octanol–water partition coefficient (Wildman–Crippen LogP) is 2.89. The monoisotopic (exact) mass is 366 g/mol. The van der Waals surface area contributed by atoms with Crippen molar-refractivity contribution in [2.45, 2.75) is 51.7 Å². The summed E-state index contributed by atoms with van der Waals surface area (Å²) in [6.45, 7) is 6.56. The maximum Gasteiger partial charge on any atom is 0.410 e. The maximum atomic E-state index is 13.4. The molecule has 0 atom stereocenters. The molecule has 0 spiro atoms. The summed E-state index contributed by atoms with van der Waals surface area (Å²) in [5.41, 5.74) is -0.0113. The SMILES string of the molecule is COc1ccc(F)cc1CC(=O)NC1CCN(C(=O)OC(C)(C)C)CC1. The molecule has 0 aliphatic carbocycles. The number of nitrogens with one attached hydrogen (secondary N) is 1. The van der Waals surface area contributed by atoms with E-state index in [1.165, 1.54) is 25.3 Å². The fourth-order valence-electron chi connectivity index (χ4n) is 2.87. The van der Waals surface area contributed by atoms with Crippen LogP contribution in [0, 0.1) is 5.82 Å². The van der Waals surface area contributed by atoms with Crippen molar-refractivity contribution < 1.29 is 23.5 Å². The van der Waals surface area contributed by atoms with Gasteiger partial charge in [-0.25, -0.2) is 9.18 Å². The molecule has 7 heteroatoms. The van der Waals surface area contributed by atoms with Crippen LogP contribution in [0.25, 0.3) is 0 Å². The summed E-state index contributed by atoms with van der Waals surface area (Å²) in [7, 11) is 1.49. The fourth-order valence-corrected chi connectivity index (χ4v) is 2.87. The van der Waals surface area contributed by atoms with E-state index in [1.54, 1.807) is 4.90 Å². The third-order valence-electron chi connectivity index (χ3n) is 4.11. The molecule has 0 radical (unpaired) electrons. The quantitative estimate of drug-likeness (QED) is 0.890. The lowest BCUT2D eigenvalue weighted by molar-refractivity contribution is -0.121. The second kappa shape index (κ2) is 8.38. The molecule has 1 N–H and O–H groups in total. The Kier molecular flexibility index (Phi) is 6.45. The van der Waals surface area contributed by atoms with E-state index in [1.807, 2.05) is 20.8 Å². The molecule has 0 bridgehead atoms. The van der Waals surface area contributed by atoms with E-state index in [9.17, 15) is 14.0 Å². The van der Waals surface area contributed by atoms with Crippen LogP contribution in [0.1, 0.15) is 39.2 Å². The largest absolute Gasteiger partial charge is 0.496 e. The third-order valence-corrected chi connectivity index (χ3v) is 4.11. The Morgan fingerprint density at radius 1 is 1.27 bits per heavy atom. The van der Waals surface area contributed by atoms with E-state index in [0.717, 1.165) is 0 Å². The van der Waals surface area contributed by atoms with E-state index in [0.29, 0.717) is 37.2 Å². The van der Waals surface area contributed by atoms with Crippen LogP contribution in [0.4, 0.5) is 9.18 Å². The summed E-state index contributed by atoms with van der Waals surface area (Å²) in [6, 6.07) is 4.11. The van der Waals surface area contributed by atoms with Crippen molar-refractivity contribution in [2.75, 3.05) is 20.2 Å². The first-order valence-corrected chi connectivity index (χ1v) is 8.77. The molecule has 1 heterocycles. The molecular weight excluding hydrogens is 339 g/mol. The van der Waals surface area contributed by atoms with Crippen molar-refractivity contribution in [2.24, 2.45) is 0 Å². The van der Waals surface area contributed by atoms with Gasteiger partial charge in [0.2, 0.25) is 5.91 Å². The number of halogens is 1. The van der Waals surface area contributed by atoms with Gasteiger partial charge in [-0.15, -0.1) is 0 Å². The second-order valence-corrected chi connectivity index (χ2v) is 7.44. The number of methoxy groups -OCH3 is 1. The molecule has 1 fully saturated rings. The Hall–Kier alpha value is -2.31. The number of hydrogen-bond donors (Lipinski definition) is 1. The van der Waals surface area contributed by atoms with Crippen molar-refractivity contribution in [3.05, 3.63) is 29.6 Å². The fraction of sp³-hybridized carbons (Fsp3) is 0.579. The van der Waals surface area contributed by atoms with Gasteiger partial charge in [0.1, 0.15) is 17.2 Å². The molecule has 6 nitrogen and oxygen atoms in total. The zero-order chi connectivity index (χ0) is 19.3. The lowest BCUT2D eigenvalue weighted by atomic mass is 10.0. The molecule has 1 aromatic rings. The number of ether oxygens (including phenoxy) is 2. The molecule has 1 aliphatic rings. The van der Waals surface area contributed by atoms with Crippen molar-refractivity contribution in [3.8, 4) is 5.75 Å². The summed E-state index contributed by atoms with van der Waals surface area (Å²) < 4.78 is 23.9. The first-order chi connectivity index (χ1) is 12.2. The minimum atomic E-state index is -0.522. The highest BCUT2D eigenvalue weighted by atomic mass is 19.1. The van der Waals surface area contributed by atoms with Crippen LogP contribution in [0.3, 0.4) is 0 Å². The number of carbonyl (C=O) groups excluding carboxylic acids is 2. The number of carbonyl (C=O) groups is 2. The minimum Gasteiger partial charge on any atom is -0.496 e. The van der Waals surface area contributed by atoms with Gasteiger partial charge in [0, 0.05) is 24.7 Å². The van der Waals surface area contributed by atoms with E-state index >= 15 is 0 Å². The van der Waals surface area contributed by atoms with Crippen LogP contribution >= 0.6 is 0 Å². The molecule has 1 aromatic carbocycles. The van der Waals surface area contributed by atoms with E-state index < -0.39 is 11.4 Å². The van der Waals surface area contributed by atoms with Gasteiger partial charge in [-0.1, -0.05) is 0 Å². The van der Waals surface area contributed by atoms with Crippen LogP contribution in [0.2, 0.25) is 0 Å². The number of piperidine rings is 1. The lowest BCUT2D eigenvalue weighted by Gasteiger charge is -2.33. The molecule has 2 amide bonds. The number of hydrogen-bond acceptors (Lipinski definition) is 4. The maximum absolute atomic E-state index is 13.4. The summed E-state index contributed by atoms with van der Waals surface area (Å²) in [4.78, 5) is 26.0. The van der Waals surface area contributed by atoms with Crippen molar-refractivity contribution in [1.82, 2.24) is 10.2 Å². The van der Waals surface area contributed by atoms with Gasteiger partial charge in [-0.05, 0) is 51.8 Å². The van der Waals surface area contributed by atoms with Crippen molar-refractivity contribution in [3.63, 3.8) is 0 Å². The van der Waals surface area contributed by atoms with Crippen molar-refractivity contribution in [1.29, 1.82) is 0 Å². The molecule has 0 aromatic heterocycles.